The van der Waals surface area contributed by atoms with Gasteiger partial charge in [0.1, 0.15) is 11.5 Å². The summed E-state index contributed by atoms with van der Waals surface area (Å²) in [4.78, 5) is 12.0. The van der Waals surface area contributed by atoms with Gasteiger partial charge in [-0.15, -0.1) is 0 Å². The Bertz CT molecular complexity index is 898. The zero-order valence-corrected chi connectivity index (χ0v) is 13.3. The Kier molecular flexibility index (Phi) is 3.91. The van der Waals surface area contributed by atoms with Crippen LogP contribution in [-0.4, -0.2) is 12.6 Å². The molecule has 0 aliphatic heterocycles. The second kappa shape index (κ2) is 6.36. The zero-order chi connectivity index (χ0) is 16.4. The summed E-state index contributed by atoms with van der Waals surface area (Å²) in [6, 6.07) is 19.7. The van der Waals surface area contributed by atoms with Crippen LogP contribution in [0.1, 0.15) is 17.5 Å². The van der Waals surface area contributed by atoms with Gasteiger partial charge in [0.25, 0.3) is 0 Å². The molecule has 4 rings (SSSR count). The van der Waals surface area contributed by atoms with Crippen molar-refractivity contribution in [3.05, 3.63) is 71.8 Å². The van der Waals surface area contributed by atoms with Crippen LogP contribution in [0.5, 0.6) is 11.5 Å². The van der Waals surface area contributed by atoms with E-state index in [4.69, 9.17) is 9.47 Å². The first-order valence-electron chi connectivity index (χ1n) is 8.22. The summed E-state index contributed by atoms with van der Waals surface area (Å²) in [5, 5.41) is 2.23. The van der Waals surface area contributed by atoms with Crippen LogP contribution in [0.2, 0.25) is 0 Å². The van der Waals surface area contributed by atoms with E-state index >= 15 is 0 Å². The predicted octanol–water partition coefficient (Wildman–Crippen LogP) is 4.31. The Morgan fingerprint density at radius 1 is 0.833 bits per heavy atom. The van der Waals surface area contributed by atoms with Crippen LogP contribution in [-0.2, 0) is 17.6 Å². The highest BCUT2D eigenvalue weighted by Crippen LogP contribution is 2.26. The molecular weight excluding hydrogens is 300 g/mol. The second-order valence-corrected chi connectivity index (χ2v) is 6.06. The highest BCUT2D eigenvalue weighted by Gasteiger charge is 2.13. The van der Waals surface area contributed by atoms with Gasteiger partial charge in [-0.25, -0.2) is 4.79 Å². The third-order valence-electron chi connectivity index (χ3n) is 4.38. The molecule has 1 aliphatic carbocycles. The summed E-state index contributed by atoms with van der Waals surface area (Å²) in [5.41, 5.74) is 2.65. The van der Waals surface area contributed by atoms with Crippen molar-refractivity contribution >= 4 is 16.7 Å². The van der Waals surface area contributed by atoms with Crippen molar-refractivity contribution in [2.24, 2.45) is 0 Å². The fraction of sp³-hybridized carbons (Fsp3) is 0.190. The maximum Gasteiger partial charge on any atom is 0.349 e. The summed E-state index contributed by atoms with van der Waals surface area (Å²) in [5.74, 6) is 0.878. The minimum absolute atomic E-state index is 0.102. The molecule has 0 saturated heterocycles. The molecule has 0 bridgehead atoms. The van der Waals surface area contributed by atoms with Gasteiger partial charge < -0.3 is 9.47 Å². The topological polar surface area (TPSA) is 35.5 Å². The number of carbonyl (C=O) groups is 1. The molecule has 0 aromatic heterocycles. The molecule has 0 heterocycles. The van der Waals surface area contributed by atoms with Gasteiger partial charge in [-0.1, -0.05) is 36.4 Å². The first-order chi connectivity index (χ1) is 11.8. The van der Waals surface area contributed by atoms with E-state index in [2.05, 4.69) is 6.07 Å². The molecule has 0 radical (unpaired) electrons. The second-order valence-electron chi connectivity index (χ2n) is 6.06. The molecule has 0 fully saturated rings. The van der Waals surface area contributed by atoms with E-state index in [1.807, 2.05) is 54.6 Å². The molecule has 120 valence electrons. The summed E-state index contributed by atoms with van der Waals surface area (Å²) < 4.78 is 11.0. The van der Waals surface area contributed by atoms with E-state index in [1.165, 1.54) is 17.5 Å². The van der Waals surface area contributed by atoms with Crippen LogP contribution >= 0.6 is 0 Å². The first kappa shape index (κ1) is 14.8. The average molecular weight is 318 g/mol. The molecule has 3 heteroatoms. The first-order valence-corrected chi connectivity index (χ1v) is 8.22. The minimum Gasteiger partial charge on any atom is -0.482 e. The van der Waals surface area contributed by atoms with Crippen LogP contribution in [0.15, 0.2) is 60.7 Å². The van der Waals surface area contributed by atoms with Crippen LogP contribution in [0.4, 0.5) is 0 Å². The normalized spacial score (nSPS) is 12.8. The third-order valence-corrected chi connectivity index (χ3v) is 4.38. The molecule has 1 aliphatic rings. The summed E-state index contributed by atoms with van der Waals surface area (Å²) in [7, 11) is 0. The largest absolute Gasteiger partial charge is 0.482 e. The van der Waals surface area contributed by atoms with Gasteiger partial charge in [0, 0.05) is 0 Å². The van der Waals surface area contributed by atoms with Crippen molar-refractivity contribution in [1.82, 2.24) is 0 Å². The van der Waals surface area contributed by atoms with Crippen molar-refractivity contribution in [3.63, 3.8) is 0 Å². The summed E-state index contributed by atoms with van der Waals surface area (Å²) in [6.45, 7) is -0.102. The highest BCUT2D eigenvalue weighted by atomic mass is 16.6. The predicted molar refractivity (Wildman–Crippen MR) is 93.5 cm³/mol. The third kappa shape index (κ3) is 3.11. The zero-order valence-electron chi connectivity index (χ0n) is 13.3. The van der Waals surface area contributed by atoms with E-state index in [9.17, 15) is 4.79 Å². The molecule has 0 spiro atoms. The summed E-state index contributed by atoms with van der Waals surface area (Å²) in [6.07, 6.45) is 3.36. The average Bonchev–Trinajstić information content (AvgIpc) is 3.07. The van der Waals surface area contributed by atoms with E-state index in [0.717, 1.165) is 23.6 Å². The number of esters is 1. The van der Waals surface area contributed by atoms with Crippen LogP contribution < -0.4 is 9.47 Å². The van der Waals surface area contributed by atoms with E-state index in [-0.39, 0.29) is 12.6 Å². The van der Waals surface area contributed by atoms with Gasteiger partial charge in [-0.2, -0.15) is 0 Å². The monoisotopic (exact) mass is 318 g/mol. The Labute approximate surface area is 140 Å². The van der Waals surface area contributed by atoms with Gasteiger partial charge in [0.2, 0.25) is 0 Å². The number of aryl methyl sites for hydroxylation is 2. The SMILES string of the molecule is O=C(COc1ccc2ccccc2c1)Oc1ccc2c(c1)CCC2. The minimum atomic E-state index is -0.388. The number of ether oxygens (including phenoxy) is 2. The fourth-order valence-corrected chi connectivity index (χ4v) is 3.17. The highest BCUT2D eigenvalue weighted by molar-refractivity contribution is 5.83. The molecule has 0 N–H and O–H groups in total. The number of rotatable bonds is 4. The van der Waals surface area contributed by atoms with E-state index < -0.39 is 0 Å². The molecule has 0 amide bonds. The number of fused-ring (bicyclic) bond motifs is 2. The van der Waals surface area contributed by atoms with Gasteiger partial charge in [-0.3, -0.25) is 0 Å². The molecule has 0 saturated carbocycles. The smallest absolute Gasteiger partial charge is 0.349 e. The number of hydrogen-bond acceptors (Lipinski definition) is 3. The van der Waals surface area contributed by atoms with Gasteiger partial charge in [0.15, 0.2) is 6.61 Å². The molecule has 3 aromatic carbocycles. The van der Waals surface area contributed by atoms with Crippen LogP contribution in [0.25, 0.3) is 10.8 Å². The lowest BCUT2D eigenvalue weighted by atomic mass is 10.1. The van der Waals surface area contributed by atoms with Crippen LogP contribution in [0.3, 0.4) is 0 Å². The number of carbonyl (C=O) groups excluding carboxylic acids is 1. The van der Waals surface area contributed by atoms with Crippen molar-refractivity contribution in [2.45, 2.75) is 19.3 Å². The number of hydrogen-bond donors (Lipinski definition) is 0. The lowest BCUT2D eigenvalue weighted by Gasteiger charge is -2.09. The Balaban J connectivity index is 1.39. The molecular formula is C21H18O3. The van der Waals surface area contributed by atoms with Crippen molar-refractivity contribution < 1.29 is 14.3 Å². The lowest BCUT2D eigenvalue weighted by Crippen LogP contribution is -2.17. The van der Waals surface area contributed by atoms with Crippen molar-refractivity contribution in [1.29, 1.82) is 0 Å². The molecule has 3 nitrogen and oxygen atoms in total. The van der Waals surface area contributed by atoms with Gasteiger partial charge >= 0.3 is 5.97 Å². The molecule has 0 atom stereocenters. The van der Waals surface area contributed by atoms with Crippen molar-refractivity contribution in [3.8, 4) is 11.5 Å². The standard InChI is InChI=1S/C21H18O3/c22-21(24-20-11-9-16-6-3-7-18(16)13-20)14-23-19-10-8-15-4-1-2-5-17(15)12-19/h1-2,4-5,8-13H,3,6-7,14H2. The summed E-state index contributed by atoms with van der Waals surface area (Å²) >= 11 is 0. The maximum absolute atomic E-state index is 12.0. The lowest BCUT2D eigenvalue weighted by molar-refractivity contribution is -0.136. The van der Waals surface area contributed by atoms with E-state index in [0.29, 0.717) is 11.5 Å². The maximum atomic E-state index is 12.0. The molecule has 0 unspecified atom stereocenters. The van der Waals surface area contributed by atoms with Gasteiger partial charge in [-0.05, 0) is 65.4 Å². The van der Waals surface area contributed by atoms with E-state index in [1.54, 1.807) is 0 Å². The van der Waals surface area contributed by atoms with Crippen molar-refractivity contribution in [2.75, 3.05) is 6.61 Å². The Morgan fingerprint density at radius 3 is 2.54 bits per heavy atom. The quantitative estimate of drug-likeness (QED) is 0.531. The molecule has 24 heavy (non-hydrogen) atoms. The fourth-order valence-electron chi connectivity index (χ4n) is 3.17. The number of benzene rings is 3. The Morgan fingerprint density at radius 2 is 1.62 bits per heavy atom. The molecule has 3 aromatic rings. The Hall–Kier alpha value is -2.81. The van der Waals surface area contributed by atoms with Crippen LogP contribution in [0, 0.1) is 0 Å². The van der Waals surface area contributed by atoms with Gasteiger partial charge in [0.05, 0.1) is 0 Å².